The van der Waals surface area contributed by atoms with Crippen LogP contribution in [0, 0.1) is 10.1 Å². The summed E-state index contributed by atoms with van der Waals surface area (Å²) in [6.45, 7) is -1.33. The molecule has 11 heteroatoms. The number of hydrogen-bond donors (Lipinski definition) is 1. The highest BCUT2D eigenvalue weighted by Crippen LogP contribution is 2.27. The van der Waals surface area contributed by atoms with E-state index in [4.69, 9.17) is 4.74 Å². The number of nitrogens with one attached hydrogen (secondary N) is 1. The zero-order valence-corrected chi connectivity index (χ0v) is 16.1. The van der Waals surface area contributed by atoms with E-state index in [2.05, 4.69) is 5.32 Å². The summed E-state index contributed by atoms with van der Waals surface area (Å²) >= 11 is 0. The standard InChI is InChI=1S/C20H19F4N3O4/c21-19(22)20(23,24)12-31-11-13-3-1-4-14(9-13)25-17-7-8-26(18(17)28)15-5-2-6-16(10-15)27(29)30/h1-6,9-10,17,19,25H,7-8,11-12H2. The van der Waals surface area contributed by atoms with E-state index in [-0.39, 0.29) is 18.2 Å². The molecule has 1 amide bonds. The summed E-state index contributed by atoms with van der Waals surface area (Å²) in [6.07, 6.45) is -3.36. The molecule has 31 heavy (non-hydrogen) atoms. The summed E-state index contributed by atoms with van der Waals surface area (Å²) < 4.78 is 54.9. The van der Waals surface area contributed by atoms with Crippen LogP contribution in [0.25, 0.3) is 0 Å². The number of nitro benzene ring substituents is 1. The molecule has 0 radical (unpaired) electrons. The molecule has 3 rings (SSSR count). The second-order valence-electron chi connectivity index (χ2n) is 7.01. The van der Waals surface area contributed by atoms with Gasteiger partial charge in [-0.2, -0.15) is 8.78 Å². The molecule has 1 N–H and O–H groups in total. The second kappa shape index (κ2) is 9.29. The number of amides is 1. The smallest absolute Gasteiger partial charge is 0.330 e. The Kier molecular flexibility index (Phi) is 6.74. The molecule has 0 saturated carbocycles. The maximum Gasteiger partial charge on any atom is 0.330 e. The average molecular weight is 441 g/mol. The molecule has 0 bridgehead atoms. The van der Waals surface area contributed by atoms with Crippen molar-refractivity contribution in [2.24, 2.45) is 0 Å². The Balaban J connectivity index is 1.61. The van der Waals surface area contributed by atoms with E-state index in [0.717, 1.165) is 0 Å². The Morgan fingerprint density at radius 1 is 1.23 bits per heavy atom. The number of non-ortho nitro benzene ring substituents is 1. The predicted molar refractivity (Wildman–Crippen MR) is 105 cm³/mol. The zero-order chi connectivity index (χ0) is 22.6. The first kappa shape index (κ1) is 22.5. The van der Waals surface area contributed by atoms with Crippen molar-refractivity contribution in [3.05, 3.63) is 64.2 Å². The molecule has 166 valence electrons. The van der Waals surface area contributed by atoms with Gasteiger partial charge in [0.15, 0.2) is 0 Å². The lowest BCUT2D eigenvalue weighted by atomic mass is 10.2. The molecular weight excluding hydrogens is 422 g/mol. The Morgan fingerprint density at radius 2 is 1.97 bits per heavy atom. The number of anilines is 2. The predicted octanol–water partition coefficient (Wildman–Crippen LogP) is 4.23. The highest BCUT2D eigenvalue weighted by atomic mass is 19.3. The first-order chi connectivity index (χ1) is 14.7. The molecule has 1 unspecified atom stereocenters. The highest BCUT2D eigenvalue weighted by molar-refractivity contribution is 6.01. The van der Waals surface area contributed by atoms with Gasteiger partial charge in [0.1, 0.15) is 12.6 Å². The maximum atomic E-state index is 12.9. The van der Waals surface area contributed by atoms with Gasteiger partial charge < -0.3 is 15.0 Å². The molecule has 2 aromatic rings. The zero-order valence-electron chi connectivity index (χ0n) is 16.1. The van der Waals surface area contributed by atoms with Crippen molar-refractivity contribution in [2.75, 3.05) is 23.4 Å². The van der Waals surface area contributed by atoms with E-state index in [1.54, 1.807) is 30.3 Å². The summed E-state index contributed by atoms with van der Waals surface area (Å²) in [6, 6.07) is 11.6. The van der Waals surface area contributed by atoms with Gasteiger partial charge in [-0.25, -0.2) is 8.78 Å². The third-order valence-corrected chi connectivity index (χ3v) is 4.71. The molecule has 1 atom stereocenters. The van der Waals surface area contributed by atoms with E-state index in [1.807, 2.05) is 0 Å². The number of rotatable bonds is 9. The van der Waals surface area contributed by atoms with Gasteiger partial charge >= 0.3 is 12.3 Å². The average Bonchev–Trinajstić information content (AvgIpc) is 3.08. The fourth-order valence-electron chi connectivity index (χ4n) is 3.16. The Morgan fingerprint density at radius 3 is 2.68 bits per heavy atom. The number of alkyl halides is 4. The molecule has 1 saturated heterocycles. The molecule has 1 fully saturated rings. The van der Waals surface area contributed by atoms with Crippen molar-refractivity contribution in [2.45, 2.75) is 31.4 Å². The number of nitrogens with zero attached hydrogens (tertiary/aromatic N) is 2. The van der Waals surface area contributed by atoms with Crippen LogP contribution in [0.3, 0.4) is 0 Å². The SMILES string of the molecule is O=C1C(Nc2cccc(COCC(F)(F)C(F)F)c2)CCN1c1cccc([N+](=O)[O-])c1. The Bertz CT molecular complexity index is 958. The van der Waals surface area contributed by atoms with Crippen LogP contribution in [0.15, 0.2) is 48.5 Å². The minimum atomic E-state index is -4.22. The highest BCUT2D eigenvalue weighted by Gasteiger charge is 2.41. The largest absolute Gasteiger partial charge is 0.374 e. The van der Waals surface area contributed by atoms with Crippen LogP contribution in [0.1, 0.15) is 12.0 Å². The van der Waals surface area contributed by atoms with Gasteiger partial charge in [-0.15, -0.1) is 0 Å². The molecular formula is C20H19F4N3O4. The third-order valence-electron chi connectivity index (χ3n) is 4.71. The molecule has 0 aliphatic carbocycles. The number of hydrogen-bond acceptors (Lipinski definition) is 5. The number of benzene rings is 2. The van der Waals surface area contributed by atoms with Crippen molar-refractivity contribution in [1.29, 1.82) is 0 Å². The van der Waals surface area contributed by atoms with Gasteiger partial charge in [0.05, 0.1) is 17.2 Å². The fourth-order valence-corrected chi connectivity index (χ4v) is 3.16. The van der Waals surface area contributed by atoms with Crippen LogP contribution >= 0.6 is 0 Å². The summed E-state index contributed by atoms with van der Waals surface area (Å²) in [5, 5.41) is 14.0. The summed E-state index contributed by atoms with van der Waals surface area (Å²) in [5.41, 5.74) is 1.30. The van der Waals surface area contributed by atoms with Gasteiger partial charge in [-0.3, -0.25) is 14.9 Å². The van der Waals surface area contributed by atoms with Crippen molar-refractivity contribution in [3.63, 3.8) is 0 Å². The molecule has 1 aliphatic rings. The van der Waals surface area contributed by atoms with Gasteiger partial charge in [0.25, 0.3) is 5.69 Å². The number of carbonyl (C=O) groups excluding carboxylic acids is 1. The van der Waals surface area contributed by atoms with E-state index < -0.39 is 29.9 Å². The quantitative estimate of drug-likeness (QED) is 0.358. The van der Waals surface area contributed by atoms with Crippen molar-refractivity contribution >= 4 is 23.0 Å². The number of carbonyl (C=O) groups is 1. The van der Waals surface area contributed by atoms with Crippen molar-refractivity contribution in [1.82, 2.24) is 0 Å². The minimum absolute atomic E-state index is 0.119. The molecule has 0 aromatic heterocycles. The van der Waals surface area contributed by atoms with Crippen LogP contribution in [0.5, 0.6) is 0 Å². The third kappa shape index (κ3) is 5.48. The van der Waals surface area contributed by atoms with Crippen LogP contribution in [0.2, 0.25) is 0 Å². The lowest BCUT2D eigenvalue weighted by Crippen LogP contribution is -2.33. The van der Waals surface area contributed by atoms with E-state index in [1.165, 1.54) is 23.1 Å². The van der Waals surface area contributed by atoms with Crippen LogP contribution in [0.4, 0.5) is 34.6 Å². The molecule has 1 heterocycles. The number of nitro groups is 1. The van der Waals surface area contributed by atoms with E-state index >= 15 is 0 Å². The molecule has 7 nitrogen and oxygen atoms in total. The Hall–Kier alpha value is -3.21. The minimum Gasteiger partial charge on any atom is -0.374 e. The summed E-state index contributed by atoms with van der Waals surface area (Å²) in [4.78, 5) is 24.6. The number of halogens is 4. The van der Waals surface area contributed by atoms with Crippen LogP contribution < -0.4 is 10.2 Å². The summed E-state index contributed by atoms with van der Waals surface area (Å²) in [7, 11) is 0. The monoisotopic (exact) mass is 441 g/mol. The lowest BCUT2D eigenvalue weighted by Gasteiger charge is -2.18. The first-order valence-corrected chi connectivity index (χ1v) is 9.32. The Labute approximate surface area is 174 Å². The van der Waals surface area contributed by atoms with Gasteiger partial charge in [0, 0.05) is 24.4 Å². The molecule has 0 spiro atoms. The fraction of sp³-hybridized carbons (Fsp3) is 0.350. The summed E-state index contributed by atoms with van der Waals surface area (Å²) in [5.74, 6) is -4.49. The van der Waals surface area contributed by atoms with Gasteiger partial charge in [-0.1, -0.05) is 18.2 Å². The number of ether oxygens (including phenoxy) is 1. The van der Waals surface area contributed by atoms with Crippen LogP contribution in [-0.2, 0) is 16.1 Å². The molecule has 1 aliphatic heterocycles. The lowest BCUT2D eigenvalue weighted by molar-refractivity contribution is -0.384. The van der Waals surface area contributed by atoms with E-state index in [9.17, 15) is 32.5 Å². The second-order valence-corrected chi connectivity index (χ2v) is 7.01. The van der Waals surface area contributed by atoms with E-state index in [0.29, 0.717) is 29.9 Å². The van der Waals surface area contributed by atoms with Gasteiger partial charge in [0.2, 0.25) is 5.91 Å². The topological polar surface area (TPSA) is 84.7 Å². The maximum absolute atomic E-state index is 12.9. The normalized spacial score (nSPS) is 16.7. The van der Waals surface area contributed by atoms with Crippen molar-refractivity contribution in [3.8, 4) is 0 Å². The van der Waals surface area contributed by atoms with Gasteiger partial charge in [-0.05, 0) is 30.2 Å². The first-order valence-electron chi connectivity index (χ1n) is 9.32. The van der Waals surface area contributed by atoms with Crippen molar-refractivity contribution < 1.29 is 32.0 Å². The van der Waals surface area contributed by atoms with Crippen LogP contribution in [-0.4, -0.2) is 42.4 Å². The molecule has 2 aromatic carbocycles.